The lowest BCUT2D eigenvalue weighted by Crippen LogP contribution is -2.08. The number of aromatic nitrogens is 2. The molecule has 102 valence electrons. The highest BCUT2D eigenvalue weighted by atomic mass is 16.5. The number of nitrogen functional groups attached to an aromatic ring is 1. The molecular weight excluding hydrogens is 244 g/mol. The van der Waals surface area contributed by atoms with Crippen LogP contribution in [0.1, 0.15) is 19.8 Å². The zero-order chi connectivity index (χ0) is 13.7. The quantitative estimate of drug-likeness (QED) is 0.420. The van der Waals surface area contributed by atoms with Gasteiger partial charge in [0, 0.05) is 18.7 Å². The van der Waals surface area contributed by atoms with Crippen molar-refractivity contribution in [1.29, 1.82) is 0 Å². The maximum Gasteiger partial charge on any atom is 0.305 e. The highest BCUT2D eigenvalue weighted by Crippen LogP contribution is 2.16. The number of nitrogens with zero attached hydrogens (tertiary/aromatic N) is 1. The van der Waals surface area contributed by atoms with Gasteiger partial charge in [0.05, 0.1) is 17.6 Å². The molecule has 2 aromatic rings. The van der Waals surface area contributed by atoms with Gasteiger partial charge in [-0.3, -0.25) is 4.79 Å². The van der Waals surface area contributed by atoms with E-state index in [2.05, 4.69) is 15.3 Å². The largest absolute Gasteiger partial charge is 0.466 e. The molecule has 0 saturated carbocycles. The maximum absolute atomic E-state index is 11.1. The lowest BCUT2D eigenvalue weighted by molar-refractivity contribution is -0.143. The number of imidazole rings is 1. The number of carbonyl (C=O) groups is 1. The Morgan fingerprint density at radius 1 is 1.53 bits per heavy atom. The van der Waals surface area contributed by atoms with Gasteiger partial charge in [-0.1, -0.05) is 0 Å². The third-order valence-electron chi connectivity index (χ3n) is 2.66. The second-order valence-corrected chi connectivity index (χ2v) is 4.20. The summed E-state index contributed by atoms with van der Waals surface area (Å²) in [4.78, 5) is 18.6. The van der Waals surface area contributed by atoms with Crippen molar-refractivity contribution in [3.63, 3.8) is 0 Å². The Morgan fingerprint density at radius 3 is 3.16 bits per heavy atom. The zero-order valence-corrected chi connectivity index (χ0v) is 10.9. The summed E-state index contributed by atoms with van der Waals surface area (Å²) in [5, 5.41) is 3.14. The van der Waals surface area contributed by atoms with Crippen LogP contribution in [0.4, 0.5) is 11.6 Å². The minimum atomic E-state index is -0.165. The lowest BCUT2D eigenvalue weighted by Gasteiger charge is -2.02. The molecule has 19 heavy (non-hydrogen) atoms. The molecule has 0 fully saturated rings. The highest BCUT2D eigenvalue weighted by molar-refractivity contribution is 5.80. The molecule has 0 amide bonds. The number of nitrogens with one attached hydrogen (secondary N) is 2. The molecule has 1 heterocycles. The first-order valence-corrected chi connectivity index (χ1v) is 6.34. The summed E-state index contributed by atoms with van der Waals surface area (Å²) < 4.78 is 4.85. The molecule has 1 aromatic heterocycles. The van der Waals surface area contributed by atoms with Crippen LogP contribution in [-0.4, -0.2) is 29.1 Å². The third kappa shape index (κ3) is 3.61. The van der Waals surface area contributed by atoms with E-state index in [0.29, 0.717) is 37.6 Å². The van der Waals surface area contributed by atoms with E-state index < -0.39 is 0 Å². The minimum absolute atomic E-state index is 0.165. The average molecular weight is 262 g/mol. The van der Waals surface area contributed by atoms with Crippen LogP contribution in [0.25, 0.3) is 11.0 Å². The molecule has 0 bridgehead atoms. The number of esters is 1. The van der Waals surface area contributed by atoms with Gasteiger partial charge in [0.15, 0.2) is 0 Å². The van der Waals surface area contributed by atoms with Crippen LogP contribution in [0.15, 0.2) is 18.2 Å². The number of hydrogen-bond donors (Lipinski definition) is 3. The minimum Gasteiger partial charge on any atom is -0.466 e. The van der Waals surface area contributed by atoms with Crippen LogP contribution in [0.5, 0.6) is 0 Å². The number of benzene rings is 1. The number of rotatable bonds is 6. The standard InChI is InChI=1S/C13H18N4O2/c1-2-19-12(18)4-3-7-15-13-16-10-6-5-9(14)8-11(10)17-13/h5-6,8H,2-4,7,14H2,1H3,(H2,15,16,17). The van der Waals surface area contributed by atoms with Crippen molar-refractivity contribution in [2.24, 2.45) is 0 Å². The summed E-state index contributed by atoms with van der Waals surface area (Å²) in [7, 11) is 0. The fourth-order valence-electron chi connectivity index (χ4n) is 1.78. The van der Waals surface area contributed by atoms with Crippen LogP contribution < -0.4 is 11.1 Å². The van der Waals surface area contributed by atoms with Crippen molar-refractivity contribution in [1.82, 2.24) is 9.97 Å². The monoisotopic (exact) mass is 262 g/mol. The second-order valence-electron chi connectivity index (χ2n) is 4.20. The van der Waals surface area contributed by atoms with E-state index in [1.807, 2.05) is 18.2 Å². The molecule has 6 nitrogen and oxygen atoms in total. The number of H-pyrrole nitrogens is 1. The summed E-state index contributed by atoms with van der Waals surface area (Å²) in [6, 6.07) is 5.52. The van der Waals surface area contributed by atoms with E-state index in [4.69, 9.17) is 10.5 Å². The summed E-state index contributed by atoms with van der Waals surface area (Å²) in [5.41, 5.74) is 8.16. The Kier molecular flexibility index (Phi) is 4.22. The number of anilines is 2. The third-order valence-corrected chi connectivity index (χ3v) is 2.66. The Bertz CT molecular complexity index is 565. The molecule has 0 unspecified atom stereocenters. The molecule has 0 saturated heterocycles. The molecule has 0 atom stereocenters. The van der Waals surface area contributed by atoms with E-state index >= 15 is 0 Å². The van der Waals surface area contributed by atoms with Crippen molar-refractivity contribution in [2.75, 3.05) is 24.2 Å². The maximum atomic E-state index is 11.1. The number of carbonyl (C=O) groups excluding carboxylic acids is 1. The number of nitrogens with two attached hydrogens (primary N) is 1. The van der Waals surface area contributed by atoms with E-state index in [-0.39, 0.29) is 5.97 Å². The van der Waals surface area contributed by atoms with Gasteiger partial charge in [0.1, 0.15) is 0 Å². The molecule has 0 radical (unpaired) electrons. The molecular formula is C13H18N4O2. The van der Waals surface area contributed by atoms with Gasteiger partial charge in [-0.05, 0) is 31.5 Å². The van der Waals surface area contributed by atoms with Crippen molar-refractivity contribution < 1.29 is 9.53 Å². The lowest BCUT2D eigenvalue weighted by atomic mass is 10.3. The number of ether oxygens (including phenoxy) is 1. The molecule has 1 aromatic carbocycles. The van der Waals surface area contributed by atoms with Gasteiger partial charge in [-0.15, -0.1) is 0 Å². The Hall–Kier alpha value is -2.24. The van der Waals surface area contributed by atoms with Gasteiger partial charge in [0.2, 0.25) is 5.95 Å². The van der Waals surface area contributed by atoms with Crippen LogP contribution >= 0.6 is 0 Å². The van der Waals surface area contributed by atoms with Crippen LogP contribution in [0.3, 0.4) is 0 Å². The van der Waals surface area contributed by atoms with Gasteiger partial charge in [-0.25, -0.2) is 4.98 Å². The summed E-state index contributed by atoms with van der Waals surface area (Å²) >= 11 is 0. The molecule has 0 aliphatic carbocycles. The van der Waals surface area contributed by atoms with E-state index in [9.17, 15) is 4.79 Å². The normalized spacial score (nSPS) is 10.6. The molecule has 0 spiro atoms. The topological polar surface area (TPSA) is 93.0 Å². The zero-order valence-electron chi connectivity index (χ0n) is 10.9. The van der Waals surface area contributed by atoms with Gasteiger partial charge in [0.25, 0.3) is 0 Å². The van der Waals surface area contributed by atoms with Gasteiger partial charge >= 0.3 is 5.97 Å². The molecule has 0 aliphatic rings. The number of aromatic amines is 1. The Labute approximate surface area is 111 Å². The van der Waals surface area contributed by atoms with Gasteiger partial charge < -0.3 is 20.8 Å². The van der Waals surface area contributed by atoms with Crippen LogP contribution in [0.2, 0.25) is 0 Å². The van der Waals surface area contributed by atoms with E-state index in [0.717, 1.165) is 11.0 Å². The summed E-state index contributed by atoms with van der Waals surface area (Å²) in [5.74, 6) is 0.520. The Balaban J connectivity index is 1.83. The van der Waals surface area contributed by atoms with Gasteiger partial charge in [-0.2, -0.15) is 0 Å². The Morgan fingerprint density at radius 2 is 2.37 bits per heavy atom. The number of hydrogen-bond acceptors (Lipinski definition) is 5. The molecule has 0 aliphatic heterocycles. The van der Waals surface area contributed by atoms with E-state index in [1.54, 1.807) is 6.92 Å². The second kappa shape index (κ2) is 6.08. The first kappa shape index (κ1) is 13.2. The van der Waals surface area contributed by atoms with Crippen molar-refractivity contribution >= 4 is 28.6 Å². The fourth-order valence-corrected chi connectivity index (χ4v) is 1.78. The van der Waals surface area contributed by atoms with Crippen LogP contribution in [-0.2, 0) is 9.53 Å². The SMILES string of the molecule is CCOC(=O)CCCNc1nc2ccc(N)cc2[nH]1. The van der Waals surface area contributed by atoms with Crippen molar-refractivity contribution in [3.05, 3.63) is 18.2 Å². The van der Waals surface area contributed by atoms with E-state index in [1.165, 1.54) is 0 Å². The molecule has 2 rings (SSSR count). The van der Waals surface area contributed by atoms with Crippen molar-refractivity contribution in [2.45, 2.75) is 19.8 Å². The van der Waals surface area contributed by atoms with Crippen LogP contribution in [0, 0.1) is 0 Å². The summed E-state index contributed by atoms with van der Waals surface area (Å²) in [6.07, 6.45) is 1.12. The first-order valence-electron chi connectivity index (χ1n) is 6.34. The first-order chi connectivity index (χ1) is 9.19. The smallest absolute Gasteiger partial charge is 0.305 e. The fraction of sp³-hybridized carbons (Fsp3) is 0.385. The average Bonchev–Trinajstić information content (AvgIpc) is 2.77. The highest BCUT2D eigenvalue weighted by Gasteiger charge is 2.04. The number of fused-ring (bicyclic) bond motifs is 1. The predicted octanol–water partition coefficient (Wildman–Crippen LogP) is 1.90. The predicted molar refractivity (Wildman–Crippen MR) is 74.9 cm³/mol. The molecule has 4 N–H and O–H groups in total. The van der Waals surface area contributed by atoms with Crippen molar-refractivity contribution in [3.8, 4) is 0 Å². The molecule has 6 heteroatoms. The summed E-state index contributed by atoms with van der Waals surface area (Å²) in [6.45, 7) is 2.89.